The van der Waals surface area contributed by atoms with Crippen molar-refractivity contribution in [3.8, 4) is 11.1 Å². The zero-order chi connectivity index (χ0) is 14.7. The number of carboxylic acid groups (broad SMARTS) is 1. The molecule has 0 radical (unpaired) electrons. The van der Waals surface area contributed by atoms with Crippen LogP contribution in [0.25, 0.3) is 11.1 Å². The number of carbonyl (C=O) groups is 1. The quantitative estimate of drug-likeness (QED) is 0.887. The van der Waals surface area contributed by atoms with Gasteiger partial charge in [0.05, 0.1) is 5.92 Å². The highest BCUT2D eigenvalue weighted by Gasteiger charge is 2.23. The molecule has 2 rings (SSSR count). The van der Waals surface area contributed by atoms with E-state index in [4.69, 9.17) is 0 Å². The van der Waals surface area contributed by atoms with Gasteiger partial charge in [0.2, 0.25) is 0 Å². The highest BCUT2D eigenvalue weighted by Crippen LogP contribution is 2.28. The van der Waals surface area contributed by atoms with Crippen LogP contribution in [0.4, 0.5) is 0 Å². The second-order valence-corrected chi connectivity index (χ2v) is 5.50. The monoisotopic (exact) mass is 268 g/mol. The van der Waals surface area contributed by atoms with Gasteiger partial charge in [0.1, 0.15) is 0 Å². The molecule has 0 saturated carbocycles. The molecule has 1 unspecified atom stereocenters. The predicted molar refractivity (Wildman–Crippen MR) is 81.8 cm³/mol. The smallest absolute Gasteiger partial charge is 0.311 e. The van der Waals surface area contributed by atoms with Crippen LogP contribution in [0.3, 0.4) is 0 Å². The molecule has 0 spiro atoms. The van der Waals surface area contributed by atoms with Gasteiger partial charge in [-0.3, -0.25) is 4.79 Å². The third-order valence-corrected chi connectivity index (χ3v) is 3.66. The normalized spacial score (nSPS) is 12.4. The molecule has 2 heteroatoms. The zero-order valence-corrected chi connectivity index (χ0v) is 12.1. The van der Waals surface area contributed by atoms with Gasteiger partial charge in [-0.2, -0.15) is 0 Å². The van der Waals surface area contributed by atoms with Crippen LogP contribution in [0, 0.1) is 12.8 Å². The minimum atomic E-state index is -0.761. The maximum absolute atomic E-state index is 11.4. The van der Waals surface area contributed by atoms with Gasteiger partial charge < -0.3 is 5.11 Å². The fraction of sp³-hybridized carbons (Fsp3) is 0.278. The summed E-state index contributed by atoms with van der Waals surface area (Å²) in [6, 6.07) is 16.1. The lowest BCUT2D eigenvalue weighted by Crippen LogP contribution is -2.17. The summed E-state index contributed by atoms with van der Waals surface area (Å²) in [6.07, 6.45) is 0. The molecule has 0 fully saturated rings. The van der Waals surface area contributed by atoms with Crippen LogP contribution in [0.1, 0.15) is 30.9 Å². The molecule has 0 saturated heterocycles. The lowest BCUT2D eigenvalue weighted by Gasteiger charge is -2.17. The van der Waals surface area contributed by atoms with E-state index in [1.807, 2.05) is 50.2 Å². The van der Waals surface area contributed by atoms with Crippen LogP contribution >= 0.6 is 0 Å². The van der Waals surface area contributed by atoms with E-state index >= 15 is 0 Å². The Morgan fingerprint density at radius 1 is 1.00 bits per heavy atom. The van der Waals surface area contributed by atoms with Gasteiger partial charge in [-0.1, -0.05) is 62.4 Å². The molecule has 0 bridgehead atoms. The Morgan fingerprint density at radius 2 is 1.60 bits per heavy atom. The van der Waals surface area contributed by atoms with E-state index in [0.29, 0.717) is 0 Å². The van der Waals surface area contributed by atoms with Crippen molar-refractivity contribution in [2.75, 3.05) is 0 Å². The van der Waals surface area contributed by atoms with Gasteiger partial charge in [0, 0.05) is 0 Å². The SMILES string of the molecule is Cc1ccccc1-c1ccc(C(C(=O)O)C(C)C)cc1. The van der Waals surface area contributed by atoms with Crippen molar-refractivity contribution in [1.82, 2.24) is 0 Å². The largest absolute Gasteiger partial charge is 0.481 e. The van der Waals surface area contributed by atoms with E-state index < -0.39 is 11.9 Å². The number of hydrogen-bond donors (Lipinski definition) is 1. The first-order valence-corrected chi connectivity index (χ1v) is 6.89. The summed E-state index contributed by atoms with van der Waals surface area (Å²) in [5.41, 5.74) is 4.40. The van der Waals surface area contributed by atoms with Gasteiger partial charge in [-0.05, 0) is 35.1 Å². The summed E-state index contributed by atoms with van der Waals surface area (Å²) < 4.78 is 0. The van der Waals surface area contributed by atoms with Crippen LogP contribution < -0.4 is 0 Å². The van der Waals surface area contributed by atoms with E-state index in [-0.39, 0.29) is 5.92 Å². The molecule has 2 aromatic rings. The molecule has 20 heavy (non-hydrogen) atoms. The van der Waals surface area contributed by atoms with E-state index in [2.05, 4.69) is 19.1 Å². The number of aliphatic carboxylic acids is 1. The Balaban J connectivity index is 2.35. The molecule has 0 aliphatic carbocycles. The maximum atomic E-state index is 11.4. The summed E-state index contributed by atoms with van der Waals surface area (Å²) in [5, 5.41) is 9.33. The fourth-order valence-electron chi connectivity index (χ4n) is 2.58. The second kappa shape index (κ2) is 5.91. The molecular weight excluding hydrogens is 248 g/mol. The molecule has 0 amide bonds. The average Bonchev–Trinajstić information content (AvgIpc) is 2.39. The maximum Gasteiger partial charge on any atom is 0.311 e. The van der Waals surface area contributed by atoms with Crippen molar-refractivity contribution in [1.29, 1.82) is 0 Å². The first-order valence-electron chi connectivity index (χ1n) is 6.89. The molecular formula is C18H20O2. The molecule has 2 aromatic carbocycles. The molecule has 0 aliphatic heterocycles. The minimum absolute atomic E-state index is 0.0804. The van der Waals surface area contributed by atoms with Crippen LogP contribution in [-0.2, 0) is 4.79 Å². The fourth-order valence-corrected chi connectivity index (χ4v) is 2.58. The first kappa shape index (κ1) is 14.3. The Labute approximate surface area is 120 Å². The summed E-state index contributed by atoms with van der Waals surface area (Å²) in [7, 11) is 0. The third-order valence-electron chi connectivity index (χ3n) is 3.66. The predicted octanol–water partition coefficient (Wildman–Crippen LogP) is 4.49. The molecule has 1 atom stereocenters. The van der Waals surface area contributed by atoms with Crippen molar-refractivity contribution in [2.45, 2.75) is 26.7 Å². The summed E-state index contributed by atoms with van der Waals surface area (Å²) >= 11 is 0. The van der Waals surface area contributed by atoms with E-state index in [1.165, 1.54) is 11.1 Å². The molecule has 104 valence electrons. The molecule has 0 aromatic heterocycles. The van der Waals surface area contributed by atoms with Crippen molar-refractivity contribution in [3.05, 3.63) is 59.7 Å². The summed E-state index contributed by atoms with van der Waals surface area (Å²) in [4.78, 5) is 11.4. The Morgan fingerprint density at radius 3 is 2.10 bits per heavy atom. The topological polar surface area (TPSA) is 37.3 Å². The van der Waals surface area contributed by atoms with E-state index in [1.54, 1.807) is 0 Å². The van der Waals surface area contributed by atoms with Crippen molar-refractivity contribution in [3.63, 3.8) is 0 Å². The van der Waals surface area contributed by atoms with Gasteiger partial charge in [0.15, 0.2) is 0 Å². The Hall–Kier alpha value is -2.09. The van der Waals surface area contributed by atoms with Crippen molar-refractivity contribution < 1.29 is 9.90 Å². The van der Waals surface area contributed by atoms with Gasteiger partial charge in [0.25, 0.3) is 0 Å². The lowest BCUT2D eigenvalue weighted by atomic mass is 9.87. The minimum Gasteiger partial charge on any atom is -0.481 e. The van der Waals surface area contributed by atoms with Crippen molar-refractivity contribution in [2.24, 2.45) is 5.92 Å². The van der Waals surface area contributed by atoms with Crippen LogP contribution in [0.2, 0.25) is 0 Å². The van der Waals surface area contributed by atoms with Crippen LogP contribution in [-0.4, -0.2) is 11.1 Å². The van der Waals surface area contributed by atoms with Crippen molar-refractivity contribution >= 4 is 5.97 Å². The highest BCUT2D eigenvalue weighted by atomic mass is 16.4. The molecule has 0 heterocycles. The van der Waals surface area contributed by atoms with E-state index in [9.17, 15) is 9.90 Å². The second-order valence-electron chi connectivity index (χ2n) is 5.50. The van der Waals surface area contributed by atoms with Gasteiger partial charge in [-0.25, -0.2) is 0 Å². The molecule has 2 nitrogen and oxygen atoms in total. The Kier molecular flexibility index (Phi) is 4.23. The first-order chi connectivity index (χ1) is 9.50. The summed E-state index contributed by atoms with van der Waals surface area (Å²) in [6.45, 7) is 5.96. The number of rotatable bonds is 4. The highest BCUT2D eigenvalue weighted by molar-refractivity contribution is 5.77. The Bertz CT molecular complexity index is 597. The standard InChI is InChI=1S/C18H20O2/c1-12(2)17(18(19)20)15-10-8-14(9-11-15)16-7-5-4-6-13(16)3/h4-12,17H,1-3H3,(H,19,20). The molecule has 0 aliphatic rings. The summed E-state index contributed by atoms with van der Waals surface area (Å²) in [5.74, 6) is -1.12. The van der Waals surface area contributed by atoms with E-state index in [0.717, 1.165) is 11.1 Å². The van der Waals surface area contributed by atoms with Gasteiger partial charge in [-0.15, -0.1) is 0 Å². The third kappa shape index (κ3) is 2.90. The molecule has 1 N–H and O–H groups in total. The number of benzene rings is 2. The van der Waals surface area contributed by atoms with Crippen LogP contribution in [0.15, 0.2) is 48.5 Å². The number of hydrogen-bond acceptors (Lipinski definition) is 1. The number of aryl methyl sites for hydroxylation is 1. The lowest BCUT2D eigenvalue weighted by molar-refractivity contribution is -0.139. The zero-order valence-electron chi connectivity index (χ0n) is 12.1. The number of carboxylic acids is 1. The van der Waals surface area contributed by atoms with Gasteiger partial charge >= 0.3 is 5.97 Å². The average molecular weight is 268 g/mol. The van der Waals surface area contributed by atoms with Crippen LogP contribution in [0.5, 0.6) is 0 Å².